The molecule has 3 rings (SSSR count). The van der Waals surface area contributed by atoms with Crippen LogP contribution in [0.15, 0.2) is 48.5 Å². The summed E-state index contributed by atoms with van der Waals surface area (Å²) in [5.74, 6) is -0.378. The minimum absolute atomic E-state index is 0.0432. The number of aromatic nitrogens is 4. The van der Waals surface area contributed by atoms with Crippen LogP contribution in [0, 0.1) is 0 Å². The summed E-state index contributed by atoms with van der Waals surface area (Å²) in [6.45, 7) is -0.211. The Morgan fingerprint density at radius 1 is 1.19 bits per heavy atom. The van der Waals surface area contributed by atoms with E-state index in [2.05, 4.69) is 20.7 Å². The lowest BCUT2D eigenvalue weighted by Gasteiger charge is -2.05. The van der Waals surface area contributed by atoms with Crippen molar-refractivity contribution in [2.75, 3.05) is 5.32 Å². The standard InChI is InChI=1S/C16H11ClF3N5O/c17-12-6-1-2-7-13(12)21-14(26)9-25-23-15(22-24-25)10-4-3-5-11(8-10)16(18,19)20/h1-8H,9H2,(H,21,26)/p+1. The van der Waals surface area contributed by atoms with E-state index in [-0.39, 0.29) is 17.9 Å². The molecule has 0 radical (unpaired) electrons. The molecule has 0 aliphatic carbocycles. The van der Waals surface area contributed by atoms with Gasteiger partial charge in [-0.25, -0.2) is 0 Å². The monoisotopic (exact) mass is 382 g/mol. The third kappa shape index (κ3) is 4.17. The number of aromatic amines is 1. The number of anilines is 1. The van der Waals surface area contributed by atoms with Gasteiger partial charge in [0.2, 0.25) is 6.54 Å². The van der Waals surface area contributed by atoms with Gasteiger partial charge in [-0.2, -0.15) is 13.2 Å². The highest BCUT2D eigenvalue weighted by Gasteiger charge is 2.31. The fourth-order valence-electron chi connectivity index (χ4n) is 2.18. The molecule has 0 aliphatic rings. The maximum Gasteiger partial charge on any atom is 0.416 e. The van der Waals surface area contributed by atoms with Crippen LogP contribution in [-0.2, 0) is 17.5 Å². The normalized spacial score (nSPS) is 11.4. The van der Waals surface area contributed by atoms with E-state index in [1.165, 1.54) is 12.1 Å². The molecule has 0 atom stereocenters. The van der Waals surface area contributed by atoms with Crippen LogP contribution in [0.25, 0.3) is 11.4 Å². The second-order valence-electron chi connectivity index (χ2n) is 5.30. The molecular formula is C16H12ClF3N5O+. The second-order valence-corrected chi connectivity index (χ2v) is 5.71. The van der Waals surface area contributed by atoms with Gasteiger partial charge >= 0.3 is 12.0 Å². The first kappa shape index (κ1) is 17.9. The van der Waals surface area contributed by atoms with Crippen LogP contribution in [0.5, 0.6) is 0 Å². The summed E-state index contributed by atoms with van der Waals surface area (Å²) in [5, 5.41) is 13.3. The predicted molar refractivity (Wildman–Crippen MR) is 87.1 cm³/mol. The largest absolute Gasteiger partial charge is 0.416 e. The molecule has 0 saturated heterocycles. The number of halogens is 4. The van der Waals surface area contributed by atoms with E-state index in [9.17, 15) is 18.0 Å². The Morgan fingerprint density at radius 3 is 2.69 bits per heavy atom. The van der Waals surface area contributed by atoms with Crippen molar-refractivity contribution in [2.24, 2.45) is 0 Å². The summed E-state index contributed by atoms with van der Waals surface area (Å²) in [7, 11) is 0. The quantitative estimate of drug-likeness (QED) is 0.681. The highest BCUT2D eigenvalue weighted by Crippen LogP contribution is 2.31. The molecule has 2 aromatic carbocycles. The van der Waals surface area contributed by atoms with E-state index in [1.807, 2.05) is 0 Å². The molecule has 1 amide bonds. The summed E-state index contributed by atoms with van der Waals surface area (Å²) in [4.78, 5) is 13.2. The minimum atomic E-state index is -4.46. The van der Waals surface area contributed by atoms with Crippen molar-refractivity contribution in [3.05, 3.63) is 59.1 Å². The Balaban J connectivity index is 1.72. The number of para-hydroxylation sites is 1. The number of H-pyrrole nitrogens is 1. The lowest BCUT2D eigenvalue weighted by molar-refractivity contribution is -0.793. The Bertz CT molecular complexity index is 941. The van der Waals surface area contributed by atoms with Crippen molar-refractivity contribution >= 4 is 23.2 Å². The van der Waals surface area contributed by atoms with Gasteiger partial charge in [-0.05, 0) is 40.6 Å². The van der Waals surface area contributed by atoms with Crippen molar-refractivity contribution in [1.29, 1.82) is 0 Å². The number of hydrogen-bond acceptors (Lipinski definition) is 3. The van der Waals surface area contributed by atoms with Crippen LogP contribution in [0.4, 0.5) is 18.9 Å². The lowest BCUT2D eigenvalue weighted by atomic mass is 10.1. The number of rotatable bonds is 4. The van der Waals surface area contributed by atoms with Gasteiger partial charge in [0.05, 0.1) is 26.9 Å². The second kappa shape index (κ2) is 7.12. The molecular weight excluding hydrogens is 371 g/mol. The Kier molecular flexibility index (Phi) is 4.90. The van der Waals surface area contributed by atoms with Gasteiger partial charge in [0, 0.05) is 0 Å². The van der Waals surface area contributed by atoms with Gasteiger partial charge in [0.15, 0.2) is 0 Å². The van der Waals surface area contributed by atoms with Crippen LogP contribution < -0.4 is 10.1 Å². The Hall–Kier alpha value is -2.94. The molecule has 3 aromatic rings. The predicted octanol–water partition coefficient (Wildman–Crippen LogP) is 3.07. The summed E-state index contributed by atoms with van der Waals surface area (Å²) in [5.41, 5.74) is -0.179. The number of alkyl halides is 3. The fraction of sp³-hybridized carbons (Fsp3) is 0.125. The number of carbonyl (C=O) groups is 1. The highest BCUT2D eigenvalue weighted by molar-refractivity contribution is 6.33. The molecule has 2 N–H and O–H groups in total. The smallest absolute Gasteiger partial charge is 0.321 e. The first-order valence-corrected chi connectivity index (χ1v) is 7.75. The molecule has 0 saturated carbocycles. The topological polar surface area (TPSA) is 74.5 Å². The molecule has 10 heteroatoms. The first-order valence-electron chi connectivity index (χ1n) is 7.37. The van der Waals surface area contributed by atoms with Crippen LogP contribution in [0.2, 0.25) is 5.02 Å². The third-order valence-corrected chi connectivity index (χ3v) is 3.71. The fourth-order valence-corrected chi connectivity index (χ4v) is 2.36. The molecule has 1 aromatic heterocycles. The first-order chi connectivity index (χ1) is 12.3. The van der Waals surface area contributed by atoms with Gasteiger partial charge in [-0.1, -0.05) is 34.6 Å². The van der Waals surface area contributed by atoms with Gasteiger partial charge in [0.25, 0.3) is 5.91 Å². The average molecular weight is 383 g/mol. The molecule has 0 aliphatic heterocycles. The van der Waals surface area contributed by atoms with Crippen molar-refractivity contribution < 1.29 is 22.8 Å². The molecule has 0 fully saturated rings. The molecule has 0 bridgehead atoms. The molecule has 134 valence electrons. The molecule has 1 heterocycles. The molecule has 26 heavy (non-hydrogen) atoms. The number of benzene rings is 2. The van der Waals surface area contributed by atoms with E-state index in [1.54, 1.807) is 24.3 Å². The number of amides is 1. The number of nitrogens with one attached hydrogen (secondary N) is 2. The summed E-state index contributed by atoms with van der Waals surface area (Å²) >= 11 is 5.96. The van der Waals surface area contributed by atoms with Crippen molar-refractivity contribution in [3.63, 3.8) is 0 Å². The van der Waals surface area contributed by atoms with Crippen LogP contribution in [0.3, 0.4) is 0 Å². The summed E-state index contributed by atoms with van der Waals surface area (Å²) in [6.07, 6.45) is -4.46. The van der Waals surface area contributed by atoms with E-state index in [0.717, 1.165) is 16.9 Å². The Morgan fingerprint density at radius 2 is 1.96 bits per heavy atom. The van der Waals surface area contributed by atoms with Crippen molar-refractivity contribution in [1.82, 2.24) is 15.4 Å². The SMILES string of the molecule is O=C(C[n+]1nc(-c2cccc(C(F)(F)F)c2)n[nH]1)Nc1ccccc1Cl. The van der Waals surface area contributed by atoms with Gasteiger partial charge in [-0.3, -0.25) is 4.79 Å². The maximum absolute atomic E-state index is 12.8. The van der Waals surface area contributed by atoms with E-state index < -0.39 is 17.6 Å². The van der Waals surface area contributed by atoms with Gasteiger partial charge in [0.1, 0.15) is 0 Å². The van der Waals surface area contributed by atoms with Crippen LogP contribution in [0.1, 0.15) is 5.56 Å². The number of nitrogens with zero attached hydrogens (tertiary/aromatic N) is 3. The minimum Gasteiger partial charge on any atom is -0.321 e. The van der Waals surface area contributed by atoms with Gasteiger partial charge < -0.3 is 5.32 Å². The Labute approximate surface area is 150 Å². The maximum atomic E-state index is 12.8. The van der Waals surface area contributed by atoms with Crippen molar-refractivity contribution in [2.45, 2.75) is 12.7 Å². The number of carbonyl (C=O) groups excluding carboxylic acids is 1. The van der Waals surface area contributed by atoms with E-state index in [4.69, 9.17) is 11.6 Å². The van der Waals surface area contributed by atoms with Crippen LogP contribution in [-0.4, -0.2) is 21.3 Å². The lowest BCUT2D eigenvalue weighted by Crippen LogP contribution is -2.44. The zero-order chi connectivity index (χ0) is 18.7. The molecule has 0 unspecified atom stereocenters. The van der Waals surface area contributed by atoms with E-state index >= 15 is 0 Å². The number of hydrogen-bond donors (Lipinski definition) is 2. The zero-order valence-electron chi connectivity index (χ0n) is 13.1. The van der Waals surface area contributed by atoms with Crippen molar-refractivity contribution in [3.8, 4) is 11.4 Å². The van der Waals surface area contributed by atoms with Crippen LogP contribution >= 0.6 is 11.6 Å². The number of tetrazole rings is 1. The summed E-state index contributed by atoms with van der Waals surface area (Å²) in [6, 6.07) is 11.3. The average Bonchev–Trinajstić information content (AvgIpc) is 3.05. The zero-order valence-corrected chi connectivity index (χ0v) is 13.8. The third-order valence-electron chi connectivity index (χ3n) is 3.38. The summed E-state index contributed by atoms with van der Waals surface area (Å²) < 4.78 is 38.3. The molecule has 0 spiro atoms. The highest BCUT2D eigenvalue weighted by atomic mass is 35.5. The van der Waals surface area contributed by atoms with Gasteiger partial charge in [-0.15, -0.1) is 0 Å². The molecule has 6 nitrogen and oxygen atoms in total. The van der Waals surface area contributed by atoms with E-state index in [0.29, 0.717) is 10.7 Å².